The number of carbonyl (C=O) groups is 1. The molecule has 0 saturated carbocycles. The predicted molar refractivity (Wildman–Crippen MR) is 45.6 cm³/mol. The Labute approximate surface area is 80.7 Å². The van der Waals surface area contributed by atoms with Gasteiger partial charge in [0.25, 0.3) is 5.91 Å². The van der Waals surface area contributed by atoms with E-state index in [1.807, 2.05) is 0 Å². The van der Waals surface area contributed by atoms with Gasteiger partial charge in [-0.2, -0.15) is 4.37 Å². The van der Waals surface area contributed by atoms with Crippen molar-refractivity contribution < 1.29 is 4.79 Å². The molecular weight excluding hydrogens is 223 g/mol. The third kappa shape index (κ3) is 1.67. The highest BCUT2D eigenvalue weighted by molar-refractivity contribution is 7.11. The summed E-state index contributed by atoms with van der Waals surface area (Å²) >= 11 is 11.9. The second-order valence-corrected chi connectivity index (χ2v) is 3.37. The van der Waals surface area contributed by atoms with Gasteiger partial charge in [0.1, 0.15) is 15.1 Å². The minimum absolute atomic E-state index is 0.0269. The first-order valence-corrected chi connectivity index (χ1v) is 4.10. The molecule has 1 rings (SSSR count). The SMILES string of the molecule is [N-]=[N+]=NC(=O)c1nsc(Cl)c1Cl. The number of aromatic nitrogens is 1. The molecule has 1 amide bonds. The van der Waals surface area contributed by atoms with Crippen LogP contribution in [-0.4, -0.2) is 10.3 Å². The highest BCUT2D eigenvalue weighted by Gasteiger charge is 2.15. The van der Waals surface area contributed by atoms with Crippen LogP contribution in [0.4, 0.5) is 0 Å². The van der Waals surface area contributed by atoms with Crippen LogP contribution < -0.4 is 0 Å². The average molecular weight is 223 g/mol. The molecule has 5 nitrogen and oxygen atoms in total. The van der Waals surface area contributed by atoms with Crippen LogP contribution in [0, 0.1) is 0 Å². The fourth-order valence-corrected chi connectivity index (χ4v) is 1.47. The van der Waals surface area contributed by atoms with Gasteiger partial charge in [-0.3, -0.25) is 4.79 Å². The van der Waals surface area contributed by atoms with Crippen molar-refractivity contribution in [3.05, 3.63) is 25.5 Å². The predicted octanol–water partition coefficient (Wildman–Crippen LogP) is 2.90. The number of rotatable bonds is 1. The lowest BCUT2D eigenvalue weighted by molar-refractivity contribution is 0.0997. The van der Waals surface area contributed by atoms with E-state index in [-0.39, 0.29) is 15.1 Å². The van der Waals surface area contributed by atoms with E-state index in [1.54, 1.807) is 0 Å². The topological polar surface area (TPSA) is 78.7 Å². The maximum absolute atomic E-state index is 10.9. The van der Waals surface area contributed by atoms with Gasteiger partial charge < -0.3 is 0 Å². The van der Waals surface area contributed by atoms with Gasteiger partial charge in [-0.1, -0.05) is 23.2 Å². The number of carbonyl (C=O) groups excluding carboxylic acids is 1. The third-order valence-electron chi connectivity index (χ3n) is 0.936. The van der Waals surface area contributed by atoms with E-state index in [0.717, 1.165) is 11.5 Å². The van der Waals surface area contributed by atoms with Crippen molar-refractivity contribution in [3.63, 3.8) is 0 Å². The number of azide groups is 1. The highest BCUT2D eigenvalue weighted by Crippen LogP contribution is 2.29. The Bertz CT molecular complexity index is 369. The lowest BCUT2D eigenvalue weighted by Crippen LogP contribution is -1.93. The Morgan fingerprint density at radius 3 is 2.75 bits per heavy atom. The molecule has 0 unspecified atom stereocenters. The van der Waals surface area contributed by atoms with Gasteiger partial charge in [0.15, 0.2) is 0 Å². The van der Waals surface area contributed by atoms with Crippen LogP contribution in [0.2, 0.25) is 9.36 Å². The van der Waals surface area contributed by atoms with Crippen LogP contribution in [0.3, 0.4) is 0 Å². The van der Waals surface area contributed by atoms with E-state index in [0.29, 0.717) is 0 Å². The number of nitrogens with zero attached hydrogens (tertiary/aromatic N) is 4. The fourth-order valence-electron chi connectivity index (χ4n) is 0.480. The van der Waals surface area contributed by atoms with Crippen LogP contribution in [0.5, 0.6) is 0 Å². The summed E-state index contributed by atoms with van der Waals surface area (Å²) in [6, 6.07) is 0. The van der Waals surface area contributed by atoms with E-state index in [9.17, 15) is 4.79 Å². The van der Waals surface area contributed by atoms with Gasteiger partial charge in [-0.25, -0.2) is 0 Å². The molecule has 0 aliphatic rings. The summed E-state index contributed by atoms with van der Waals surface area (Å²) in [5.74, 6) is -0.828. The van der Waals surface area contributed by atoms with Crippen LogP contribution in [0.15, 0.2) is 5.11 Å². The van der Waals surface area contributed by atoms with Crippen molar-refractivity contribution in [2.75, 3.05) is 0 Å². The maximum Gasteiger partial charge on any atom is 0.270 e. The Morgan fingerprint density at radius 1 is 1.67 bits per heavy atom. The Morgan fingerprint density at radius 2 is 2.33 bits per heavy atom. The molecule has 12 heavy (non-hydrogen) atoms. The molecule has 0 fully saturated rings. The van der Waals surface area contributed by atoms with Gasteiger partial charge in [0, 0.05) is 4.91 Å². The maximum atomic E-state index is 10.9. The number of hydrogen-bond donors (Lipinski definition) is 0. The van der Waals surface area contributed by atoms with Crippen molar-refractivity contribution in [2.24, 2.45) is 5.11 Å². The summed E-state index contributed by atoms with van der Waals surface area (Å²) < 4.78 is 3.80. The van der Waals surface area contributed by atoms with Gasteiger partial charge in [-0.05, 0) is 22.2 Å². The monoisotopic (exact) mass is 222 g/mol. The standard InChI is InChI=1S/C4Cl2N4OS/c5-1-2(4(11)8-10-7)9-12-3(1)6. The quantitative estimate of drug-likeness (QED) is 0.416. The first-order chi connectivity index (χ1) is 5.66. The molecule has 0 bridgehead atoms. The largest absolute Gasteiger partial charge is 0.285 e. The molecule has 1 aromatic rings. The normalized spacial score (nSPS) is 9.17. The van der Waals surface area contributed by atoms with Gasteiger partial charge in [0.05, 0.1) is 0 Å². The summed E-state index contributed by atoms with van der Waals surface area (Å²) in [5, 5.41) is 2.84. The average Bonchev–Trinajstić information content (AvgIpc) is 2.34. The smallest absolute Gasteiger partial charge is 0.270 e. The first-order valence-electron chi connectivity index (χ1n) is 2.57. The molecule has 0 aliphatic heterocycles. The fraction of sp³-hybridized carbons (Fsp3) is 0. The first kappa shape index (κ1) is 9.28. The third-order valence-corrected chi connectivity index (χ3v) is 2.55. The summed E-state index contributed by atoms with van der Waals surface area (Å²) in [4.78, 5) is 13.2. The van der Waals surface area contributed by atoms with Crippen molar-refractivity contribution in [1.82, 2.24) is 4.37 Å². The Hall–Kier alpha value is -0.810. The molecule has 8 heteroatoms. The zero-order valence-electron chi connectivity index (χ0n) is 5.36. The van der Waals surface area contributed by atoms with Crippen LogP contribution in [0.25, 0.3) is 10.4 Å². The van der Waals surface area contributed by atoms with E-state index in [1.165, 1.54) is 0 Å². The molecule has 0 atom stereocenters. The van der Waals surface area contributed by atoms with Crippen LogP contribution in [-0.2, 0) is 0 Å². The van der Waals surface area contributed by atoms with Crippen molar-refractivity contribution in [3.8, 4) is 0 Å². The second kappa shape index (κ2) is 3.73. The molecule has 1 heterocycles. The second-order valence-electron chi connectivity index (χ2n) is 1.61. The lowest BCUT2D eigenvalue weighted by atomic mass is 10.4. The lowest BCUT2D eigenvalue weighted by Gasteiger charge is -1.85. The van der Waals surface area contributed by atoms with Gasteiger partial charge >= 0.3 is 0 Å². The zero-order valence-corrected chi connectivity index (χ0v) is 7.69. The number of amides is 1. The van der Waals surface area contributed by atoms with Gasteiger partial charge in [0.2, 0.25) is 0 Å². The van der Waals surface area contributed by atoms with E-state index in [4.69, 9.17) is 28.7 Å². The van der Waals surface area contributed by atoms with E-state index < -0.39 is 5.91 Å². The minimum atomic E-state index is -0.828. The molecule has 62 valence electrons. The van der Waals surface area contributed by atoms with Crippen molar-refractivity contribution >= 4 is 40.6 Å². The number of halogens is 2. The summed E-state index contributed by atoms with van der Waals surface area (Å²) in [6.45, 7) is 0. The molecule has 0 aromatic carbocycles. The van der Waals surface area contributed by atoms with Crippen LogP contribution in [0.1, 0.15) is 10.5 Å². The van der Waals surface area contributed by atoms with E-state index >= 15 is 0 Å². The van der Waals surface area contributed by atoms with Gasteiger partial charge in [-0.15, -0.1) is 0 Å². The molecule has 0 N–H and O–H groups in total. The highest BCUT2D eigenvalue weighted by atomic mass is 35.5. The van der Waals surface area contributed by atoms with Crippen molar-refractivity contribution in [1.29, 1.82) is 0 Å². The van der Waals surface area contributed by atoms with Crippen molar-refractivity contribution in [2.45, 2.75) is 0 Å². The zero-order chi connectivity index (χ0) is 9.14. The molecule has 0 radical (unpaired) electrons. The minimum Gasteiger partial charge on any atom is -0.285 e. The summed E-state index contributed by atoms with van der Waals surface area (Å²) in [6.07, 6.45) is 0. The molecular formula is C4Cl2N4OS. The molecule has 1 aromatic heterocycles. The Kier molecular flexibility index (Phi) is 2.88. The van der Waals surface area contributed by atoms with Crippen LogP contribution >= 0.6 is 34.7 Å². The Balaban J connectivity index is 3.11. The molecule has 0 aliphatic carbocycles. The molecule has 0 saturated heterocycles. The summed E-state index contributed by atoms with van der Waals surface area (Å²) in [7, 11) is 0. The van der Waals surface area contributed by atoms with E-state index in [2.05, 4.69) is 14.4 Å². The summed E-state index contributed by atoms with van der Waals surface area (Å²) in [5.41, 5.74) is 7.83. The number of hydrogen-bond acceptors (Lipinski definition) is 3. The molecule has 0 spiro atoms.